The van der Waals surface area contributed by atoms with Gasteiger partial charge in [-0.15, -0.1) is 0 Å². The van der Waals surface area contributed by atoms with Crippen molar-refractivity contribution in [2.24, 2.45) is 0 Å². The summed E-state index contributed by atoms with van der Waals surface area (Å²) in [4.78, 5) is 10.3. The van der Waals surface area contributed by atoms with Crippen LogP contribution in [0.5, 0.6) is 0 Å². The molecule has 0 saturated carbocycles. The minimum atomic E-state index is -4.03. The lowest BCUT2D eigenvalue weighted by Gasteiger charge is -2.22. The molecule has 6 heteroatoms. The average Bonchev–Trinajstić information content (AvgIpc) is 1.82. The molecule has 0 aromatic heterocycles. The van der Waals surface area contributed by atoms with Crippen molar-refractivity contribution in [1.29, 1.82) is 0 Å². The highest BCUT2D eigenvalue weighted by molar-refractivity contribution is 8.13. The molecule has 0 heterocycles. The quantitative estimate of drug-likeness (QED) is 0.675. The fourth-order valence-corrected chi connectivity index (χ4v) is 1.19. The Balaban J connectivity index is 3.97. The molecule has 0 unspecified atom stereocenters. The molecule has 0 aromatic rings. The smallest absolute Gasteiger partial charge is 0.288 e. The molecule has 0 rings (SSSR count). The highest BCUT2D eigenvalue weighted by Crippen LogP contribution is 2.37. The Bertz CT molecular complexity index is 187. The molecule has 0 saturated heterocycles. The van der Waals surface area contributed by atoms with Gasteiger partial charge in [0.25, 0.3) is 0 Å². The van der Waals surface area contributed by atoms with Crippen LogP contribution in [0.4, 0.5) is 17.6 Å². The summed E-state index contributed by atoms with van der Waals surface area (Å²) in [6, 6.07) is 0. The maximum absolute atomic E-state index is 12.5. The molecule has 0 aromatic carbocycles. The number of carbonyl (C=O) groups excluding carboxylic acids is 1. The minimum Gasteiger partial charge on any atom is -0.288 e. The lowest BCUT2D eigenvalue weighted by Crippen LogP contribution is -2.38. The fraction of sp³-hybridized carbons (Fsp3) is 0.857. The first kappa shape index (κ1) is 12.7. The van der Waals surface area contributed by atoms with Crippen LogP contribution >= 0.6 is 11.8 Å². The molecule has 1 nitrogen and oxygen atoms in total. The van der Waals surface area contributed by atoms with Crippen LogP contribution in [0.1, 0.15) is 20.3 Å². The van der Waals surface area contributed by atoms with Gasteiger partial charge in [-0.25, -0.2) is 8.78 Å². The van der Waals surface area contributed by atoms with E-state index >= 15 is 0 Å². The molecule has 0 N–H and O–H groups in total. The third kappa shape index (κ3) is 4.50. The van der Waals surface area contributed by atoms with E-state index in [2.05, 4.69) is 0 Å². The lowest BCUT2D eigenvalue weighted by molar-refractivity contribution is -0.197. The zero-order valence-electron chi connectivity index (χ0n) is 7.24. The van der Waals surface area contributed by atoms with E-state index in [1.165, 1.54) is 6.92 Å². The van der Waals surface area contributed by atoms with Gasteiger partial charge in [-0.2, -0.15) is 8.78 Å². The van der Waals surface area contributed by atoms with E-state index in [1.54, 1.807) is 0 Å². The minimum absolute atomic E-state index is 0.172. The molecule has 0 spiro atoms. The molecule has 0 fully saturated rings. The SMILES string of the molecule is CC(=O)SCCC(F)(F)C(C)(F)F. The van der Waals surface area contributed by atoms with Gasteiger partial charge in [-0.3, -0.25) is 4.79 Å². The van der Waals surface area contributed by atoms with Crippen LogP contribution in [-0.4, -0.2) is 22.7 Å². The fourth-order valence-electron chi connectivity index (χ4n) is 0.542. The van der Waals surface area contributed by atoms with Crippen LogP contribution in [0.2, 0.25) is 0 Å². The normalized spacial score (nSPS) is 13.1. The van der Waals surface area contributed by atoms with Gasteiger partial charge in [0, 0.05) is 26.0 Å². The van der Waals surface area contributed by atoms with Crippen molar-refractivity contribution in [1.82, 2.24) is 0 Å². The van der Waals surface area contributed by atoms with Gasteiger partial charge in [0.2, 0.25) is 0 Å². The van der Waals surface area contributed by atoms with Crippen LogP contribution in [0.25, 0.3) is 0 Å². The van der Waals surface area contributed by atoms with Gasteiger partial charge in [0.15, 0.2) is 5.12 Å². The molecular formula is C7H10F4OS. The molecule has 0 aliphatic rings. The maximum Gasteiger partial charge on any atom is 0.310 e. The zero-order chi connectivity index (χ0) is 10.7. The number of hydrogen-bond acceptors (Lipinski definition) is 2. The molecule has 0 radical (unpaired) electrons. The number of thioether (sulfide) groups is 1. The standard InChI is InChI=1S/C7H10F4OS/c1-5(12)13-4-3-7(10,11)6(2,8)9/h3-4H2,1-2H3. The molecular weight excluding hydrogens is 208 g/mol. The van der Waals surface area contributed by atoms with Gasteiger partial charge < -0.3 is 0 Å². The van der Waals surface area contributed by atoms with Gasteiger partial charge >= 0.3 is 11.8 Å². The third-order valence-corrected chi connectivity index (χ3v) is 2.18. The molecule has 78 valence electrons. The number of hydrogen-bond donors (Lipinski definition) is 0. The molecule has 0 aliphatic carbocycles. The van der Waals surface area contributed by atoms with Crippen LogP contribution in [-0.2, 0) is 4.79 Å². The highest BCUT2D eigenvalue weighted by atomic mass is 32.2. The third-order valence-electron chi connectivity index (χ3n) is 1.36. The van der Waals surface area contributed by atoms with E-state index in [1.807, 2.05) is 0 Å². The number of carbonyl (C=O) groups is 1. The number of alkyl halides is 4. The van der Waals surface area contributed by atoms with Crippen molar-refractivity contribution in [3.05, 3.63) is 0 Å². The number of halogens is 4. The Labute approximate surface area is 77.9 Å². The number of rotatable bonds is 4. The summed E-state index contributed by atoms with van der Waals surface area (Å²) in [6.07, 6.45) is -0.985. The van der Waals surface area contributed by atoms with Crippen LogP contribution < -0.4 is 0 Å². The topological polar surface area (TPSA) is 17.1 Å². The van der Waals surface area contributed by atoms with E-state index in [-0.39, 0.29) is 17.8 Å². The molecule has 0 amide bonds. The van der Waals surface area contributed by atoms with E-state index in [0.717, 1.165) is 0 Å². The maximum atomic E-state index is 12.5. The lowest BCUT2D eigenvalue weighted by atomic mass is 10.1. The largest absolute Gasteiger partial charge is 0.310 e. The highest BCUT2D eigenvalue weighted by Gasteiger charge is 2.51. The van der Waals surface area contributed by atoms with Crippen molar-refractivity contribution >= 4 is 16.9 Å². The monoisotopic (exact) mass is 218 g/mol. The molecule has 0 aliphatic heterocycles. The summed E-state index contributed by atoms with van der Waals surface area (Å²) in [6.45, 7) is 1.37. The second kappa shape index (κ2) is 4.30. The molecule has 0 bridgehead atoms. The summed E-state index contributed by atoms with van der Waals surface area (Å²) >= 11 is 0.622. The predicted molar refractivity (Wildman–Crippen MR) is 43.3 cm³/mol. The van der Waals surface area contributed by atoms with Gasteiger partial charge in [0.05, 0.1) is 0 Å². The first-order chi connectivity index (χ1) is 5.67. The van der Waals surface area contributed by atoms with E-state index in [4.69, 9.17) is 0 Å². The Morgan fingerprint density at radius 2 is 1.77 bits per heavy atom. The van der Waals surface area contributed by atoms with Crippen molar-refractivity contribution in [2.45, 2.75) is 32.1 Å². The summed E-state index contributed by atoms with van der Waals surface area (Å²) in [5.74, 6) is -8.34. The average molecular weight is 218 g/mol. The van der Waals surface area contributed by atoms with E-state index in [0.29, 0.717) is 11.8 Å². The summed E-state index contributed by atoms with van der Waals surface area (Å²) < 4.78 is 49.4. The van der Waals surface area contributed by atoms with Crippen LogP contribution in [0.3, 0.4) is 0 Å². The van der Waals surface area contributed by atoms with Gasteiger partial charge in [-0.05, 0) is 0 Å². The van der Waals surface area contributed by atoms with Crippen molar-refractivity contribution in [2.75, 3.05) is 5.75 Å². The molecule has 0 atom stereocenters. The summed E-state index contributed by atoms with van der Waals surface area (Å²) in [5.41, 5.74) is 0. The summed E-state index contributed by atoms with van der Waals surface area (Å²) in [5, 5.41) is -0.352. The predicted octanol–water partition coefficient (Wildman–Crippen LogP) is 2.95. The molecule has 13 heavy (non-hydrogen) atoms. The second-order valence-electron chi connectivity index (χ2n) is 2.68. The zero-order valence-corrected chi connectivity index (χ0v) is 8.06. The van der Waals surface area contributed by atoms with Gasteiger partial charge in [0.1, 0.15) is 0 Å². The van der Waals surface area contributed by atoms with Crippen molar-refractivity contribution in [3.63, 3.8) is 0 Å². The Kier molecular flexibility index (Phi) is 4.22. The van der Waals surface area contributed by atoms with Crippen LogP contribution in [0, 0.1) is 0 Å². The van der Waals surface area contributed by atoms with Crippen molar-refractivity contribution in [3.8, 4) is 0 Å². The van der Waals surface area contributed by atoms with E-state index in [9.17, 15) is 22.4 Å². The van der Waals surface area contributed by atoms with Crippen molar-refractivity contribution < 1.29 is 22.4 Å². The first-order valence-corrected chi connectivity index (χ1v) is 4.54. The van der Waals surface area contributed by atoms with E-state index < -0.39 is 18.3 Å². The summed E-state index contributed by atoms with van der Waals surface area (Å²) in [7, 11) is 0. The Hall–Kier alpha value is -0.260. The first-order valence-electron chi connectivity index (χ1n) is 3.56. The Morgan fingerprint density at radius 3 is 2.08 bits per heavy atom. The van der Waals surface area contributed by atoms with Gasteiger partial charge in [-0.1, -0.05) is 11.8 Å². The second-order valence-corrected chi connectivity index (χ2v) is 3.95. The Morgan fingerprint density at radius 1 is 1.31 bits per heavy atom. The van der Waals surface area contributed by atoms with Crippen LogP contribution in [0.15, 0.2) is 0 Å².